The van der Waals surface area contributed by atoms with Gasteiger partial charge in [-0.05, 0) is 36.6 Å². The number of benzene rings is 1. The first-order chi connectivity index (χ1) is 15.8. The third kappa shape index (κ3) is 4.55. The molecule has 0 radical (unpaired) electrons. The van der Waals surface area contributed by atoms with E-state index in [1.54, 1.807) is 41.1 Å². The van der Waals surface area contributed by atoms with E-state index < -0.39 is 15.7 Å². The molecule has 1 saturated carbocycles. The molecule has 3 heterocycles. The van der Waals surface area contributed by atoms with Crippen molar-refractivity contribution in [2.45, 2.75) is 36.7 Å². The predicted molar refractivity (Wildman–Crippen MR) is 120 cm³/mol. The van der Waals surface area contributed by atoms with E-state index in [2.05, 4.69) is 31.0 Å². The number of anilines is 2. The minimum atomic E-state index is -3.26. The van der Waals surface area contributed by atoms with Crippen molar-refractivity contribution in [3.05, 3.63) is 47.2 Å². The first kappa shape index (κ1) is 21.1. The molecule has 2 aromatic heterocycles. The Kier molecular flexibility index (Phi) is 5.08. The van der Waals surface area contributed by atoms with Crippen LogP contribution in [-0.2, 0) is 26.0 Å². The lowest BCUT2D eigenvalue weighted by molar-refractivity contribution is -0.124. The Bertz CT molecular complexity index is 1410. The lowest BCUT2D eigenvalue weighted by atomic mass is 10.1. The summed E-state index contributed by atoms with van der Waals surface area (Å²) in [6.07, 6.45) is 6.47. The third-order valence-electron chi connectivity index (χ3n) is 5.33. The number of sulfone groups is 1. The van der Waals surface area contributed by atoms with Crippen molar-refractivity contribution in [3.8, 4) is 0 Å². The van der Waals surface area contributed by atoms with Crippen LogP contribution >= 0.6 is 0 Å². The molecule has 2 fully saturated rings. The highest BCUT2D eigenvalue weighted by Gasteiger charge is 2.26. The summed E-state index contributed by atoms with van der Waals surface area (Å²) in [5, 5.41) is 13.1. The highest BCUT2D eigenvalue weighted by atomic mass is 32.2. The van der Waals surface area contributed by atoms with E-state index in [0.29, 0.717) is 41.3 Å². The van der Waals surface area contributed by atoms with Crippen LogP contribution in [-0.4, -0.2) is 52.1 Å². The first-order valence-corrected chi connectivity index (χ1v) is 12.3. The quantitative estimate of drug-likeness (QED) is 0.344. The summed E-state index contributed by atoms with van der Waals surface area (Å²) in [7, 11) is -3.26. The molecule has 1 aliphatic carbocycles. The van der Waals surface area contributed by atoms with Crippen LogP contribution < -0.4 is 16.0 Å². The van der Waals surface area contributed by atoms with Gasteiger partial charge in [-0.25, -0.2) is 8.42 Å². The fourth-order valence-electron chi connectivity index (χ4n) is 3.42. The molecule has 3 aromatic rings. The number of carbonyl (C=O) groups excluding carboxylic acids is 2. The van der Waals surface area contributed by atoms with Crippen LogP contribution in [0.2, 0.25) is 0 Å². The topological polar surface area (TPSA) is 147 Å². The standard InChI is InChI=1S/C21H21N7O4S/c1-33(31,32)16-6-2-12(3-7-16)10-22-20-26-18-14(8-13-9-17(29)25-19(13)30)11-23-28(18)21(27-20)24-15-4-5-15/h2-3,6-8,11,15H,4-5,9-10H2,1H3,(H,25,29,30)(H2,22,24,26,27)/b13-8+. The number of nitrogens with zero attached hydrogens (tertiary/aromatic N) is 4. The van der Waals surface area contributed by atoms with Crippen molar-refractivity contribution >= 4 is 45.3 Å². The molecule has 5 rings (SSSR count). The van der Waals surface area contributed by atoms with E-state index >= 15 is 0 Å². The molecule has 12 heteroatoms. The van der Waals surface area contributed by atoms with Gasteiger partial charge in [-0.2, -0.15) is 19.6 Å². The van der Waals surface area contributed by atoms with Gasteiger partial charge in [0.15, 0.2) is 15.5 Å². The number of rotatable bonds is 7. The first-order valence-electron chi connectivity index (χ1n) is 10.4. The van der Waals surface area contributed by atoms with Gasteiger partial charge >= 0.3 is 0 Å². The fraction of sp³-hybridized carbons (Fsp3) is 0.286. The normalized spacial score (nSPS) is 17.5. The van der Waals surface area contributed by atoms with Gasteiger partial charge < -0.3 is 10.6 Å². The third-order valence-corrected chi connectivity index (χ3v) is 6.46. The summed E-state index contributed by atoms with van der Waals surface area (Å²) in [4.78, 5) is 32.8. The van der Waals surface area contributed by atoms with Crippen LogP contribution in [0, 0.1) is 0 Å². The van der Waals surface area contributed by atoms with E-state index in [4.69, 9.17) is 0 Å². The Labute approximate surface area is 189 Å². The number of hydrogen-bond acceptors (Lipinski definition) is 9. The molecule has 33 heavy (non-hydrogen) atoms. The summed E-state index contributed by atoms with van der Waals surface area (Å²) in [6, 6.07) is 6.91. The average Bonchev–Trinajstić information content (AvgIpc) is 3.40. The van der Waals surface area contributed by atoms with Crippen LogP contribution in [0.1, 0.15) is 30.4 Å². The van der Waals surface area contributed by atoms with Gasteiger partial charge in [0, 0.05) is 30.0 Å². The molecule has 2 aliphatic rings. The Balaban J connectivity index is 1.45. The maximum absolute atomic E-state index is 12.0. The van der Waals surface area contributed by atoms with Gasteiger partial charge in [0.1, 0.15) is 0 Å². The predicted octanol–water partition coefficient (Wildman–Crippen LogP) is 1.14. The van der Waals surface area contributed by atoms with Crippen LogP contribution in [0.4, 0.5) is 11.9 Å². The van der Waals surface area contributed by atoms with Crippen LogP contribution in [0.15, 0.2) is 40.9 Å². The monoisotopic (exact) mass is 467 g/mol. The molecule has 11 nitrogen and oxygen atoms in total. The lowest BCUT2D eigenvalue weighted by Gasteiger charge is -2.10. The summed E-state index contributed by atoms with van der Waals surface area (Å²) in [5.41, 5.74) is 2.30. The molecule has 1 aliphatic heterocycles. The molecule has 0 spiro atoms. The van der Waals surface area contributed by atoms with Gasteiger partial charge in [-0.3, -0.25) is 14.9 Å². The molecule has 1 saturated heterocycles. The van der Waals surface area contributed by atoms with Gasteiger partial charge in [-0.15, -0.1) is 0 Å². The van der Waals surface area contributed by atoms with E-state index in [-0.39, 0.29) is 17.2 Å². The van der Waals surface area contributed by atoms with E-state index in [1.165, 1.54) is 6.26 Å². The van der Waals surface area contributed by atoms with E-state index in [1.807, 2.05) is 0 Å². The Morgan fingerprint density at radius 3 is 2.58 bits per heavy atom. The number of amides is 2. The highest BCUT2D eigenvalue weighted by molar-refractivity contribution is 7.90. The van der Waals surface area contributed by atoms with Gasteiger partial charge in [0.25, 0.3) is 5.91 Å². The zero-order valence-electron chi connectivity index (χ0n) is 17.7. The number of imide groups is 1. The van der Waals surface area contributed by atoms with Crippen molar-refractivity contribution in [1.82, 2.24) is 24.9 Å². The summed E-state index contributed by atoms with van der Waals surface area (Å²) in [6.45, 7) is 0.380. The maximum Gasteiger partial charge on any atom is 0.254 e. The van der Waals surface area contributed by atoms with Gasteiger partial charge in [0.05, 0.1) is 17.5 Å². The molecule has 0 bridgehead atoms. The van der Waals surface area contributed by atoms with E-state index in [0.717, 1.165) is 18.4 Å². The molecule has 1 aromatic carbocycles. The largest absolute Gasteiger partial charge is 0.351 e. The number of hydrogen-bond donors (Lipinski definition) is 3. The Morgan fingerprint density at radius 2 is 1.94 bits per heavy atom. The fourth-order valence-corrected chi connectivity index (χ4v) is 4.05. The zero-order valence-corrected chi connectivity index (χ0v) is 18.5. The Morgan fingerprint density at radius 1 is 1.18 bits per heavy atom. The zero-order chi connectivity index (χ0) is 23.2. The Hall–Kier alpha value is -3.80. The molecule has 0 atom stereocenters. The van der Waals surface area contributed by atoms with Crippen molar-refractivity contribution in [3.63, 3.8) is 0 Å². The average molecular weight is 468 g/mol. The second-order valence-electron chi connectivity index (χ2n) is 8.12. The second-order valence-corrected chi connectivity index (χ2v) is 10.1. The van der Waals surface area contributed by atoms with E-state index in [9.17, 15) is 18.0 Å². The van der Waals surface area contributed by atoms with Crippen molar-refractivity contribution in [1.29, 1.82) is 0 Å². The number of fused-ring (bicyclic) bond motifs is 1. The molecule has 170 valence electrons. The molecular weight excluding hydrogens is 446 g/mol. The number of nitrogens with one attached hydrogen (secondary N) is 3. The number of aromatic nitrogens is 4. The van der Waals surface area contributed by atoms with Crippen LogP contribution in [0.3, 0.4) is 0 Å². The summed E-state index contributed by atoms with van der Waals surface area (Å²) in [5.74, 6) is 0.122. The highest BCUT2D eigenvalue weighted by Crippen LogP contribution is 2.26. The van der Waals surface area contributed by atoms with Gasteiger partial charge in [0.2, 0.25) is 17.8 Å². The second kappa shape index (κ2) is 7.96. The van der Waals surface area contributed by atoms with Crippen LogP contribution in [0.25, 0.3) is 11.7 Å². The van der Waals surface area contributed by atoms with Crippen molar-refractivity contribution in [2.75, 3.05) is 16.9 Å². The minimum absolute atomic E-state index is 0.0169. The maximum atomic E-state index is 12.0. The van der Waals surface area contributed by atoms with Gasteiger partial charge in [-0.1, -0.05) is 12.1 Å². The molecule has 2 amide bonds. The molecule has 0 unspecified atom stereocenters. The van der Waals surface area contributed by atoms with Crippen LogP contribution in [0.5, 0.6) is 0 Å². The molecule has 3 N–H and O–H groups in total. The summed E-state index contributed by atoms with van der Waals surface area (Å²) < 4.78 is 24.9. The summed E-state index contributed by atoms with van der Waals surface area (Å²) >= 11 is 0. The van der Waals surface area contributed by atoms with Crippen molar-refractivity contribution < 1.29 is 18.0 Å². The van der Waals surface area contributed by atoms with Crippen molar-refractivity contribution in [2.24, 2.45) is 0 Å². The smallest absolute Gasteiger partial charge is 0.254 e. The lowest BCUT2D eigenvalue weighted by Crippen LogP contribution is -2.19. The molecular formula is C21H21N7O4S. The minimum Gasteiger partial charge on any atom is -0.351 e. The number of carbonyl (C=O) groups is 2. The SMILES string of the molecule is CS(=O)(=O)c1ccc(CNc2nc(NC3CC3)n3ncc(/C=C4\CC(=O)NC4=O)c3n2)cc1.